The number of nitrogens with one attached hydrogen (secondary N) is 1. The van der Waals surface area contributed by atoms with Crippen LogP contribution in [0.1, 0.15) is 40.0 Å². The first-order chi connectivity index (χ1) is 8.43. The van der Waals surface area contributed by atoms with Crippen LogP contribution >= 0.6 is 0 Å². The smallest absolute Gasteiger partial charge is 0.320 e. The fraction of sp³-hybridized carbons (Fsp3) is 0.846. The highest BCUT2D eigenvalue weighted by atomic mass is 16.4. The minimum Gasteiger partial charge on any atom is -0.480 e. The number of aliphatic carboxylic acids is 1. The summed E-state index contributed by atoms with van der Waals surface area (Å²) < 4.78 is 0. The molecule has 0 aromatic rings. The molecule has 1 rings (SSSR count). The molecule has 1 fully saturated rings. The Balaban J connectivity index is 2.45. The van der Waals surface area contributed by atoms with Crippen LogP contribution in [0.5, 0.6) is 0 Å². The standard InChI is InChI=1S/C13H24N2O3/c1-9(2)6-7-14-12(16)10(3)15-8-4-5-11(15)13(17)18/h9-11H,4-8H2,1-3H3,(H,14,16)(H,17,18). The fourth-order valence-corrected chi connectivity index (χ4v) is 2.30. The Morgan fingerprint density at radius 2 is 2.06 bits per heavy atom. The second kappa shape index (κ2) is 6.73. The maximum atomic E-state index is 11.9. The number of hydrogen-bond acceptors (Lipinski definition) is 3. The third-order valence-electron chi connectivity index (χ3n) is 3.48. The lowest BCUT2D eigenvalue weighted by Crippen LogP contribution is -2.49. The molecule has 0 radical (unpaired) electrons. The van der Waals surface area contributed by atoms with Gasteiger partial charge in [0.15, 0.2) is 0 Å². The molecule has 0 aromatic heterocycles. The van der Waals surface area contributed by atoms with Gasteiger partial charge in [0, 0.05) is 6.54 Å². The molecule has 0 aromatic carbocycles. The number of nitrogens with zero attached hydrogens (tertiary/aromatic N) is 1. The maximum Gasteiger partial charge on any atom is 0.320 e. The molecule has 0 bridgehead atoms. The predicted molar refractivity (Wildman–Crippen MR) is 69.3 cm³/mol. The van der Waals surface area contributed by atoms with Gasteiger partial charge < -0.3 is 10.4 Å². The predicted octanol–water partition coefficient (Wildman–Crippen LogP) is 1.09. The van der Waals surface area contributed by atoms with Crippen molar-refractivity contribution in [3.63, 3.8) is 0 Å². The number of carboxylic acid groups (broad SMARTS) is 1. The summed E-state index contributed by atoms with van der Waals surface area (Å²) in [5.74, 6) is -0.336. The Morgan fingerprint density at radius 1 is 1.39 bits per heavy atom. The molecule has 0 aliphatic carbocycles. The SMILES string of the molecule is CC(C)CCNC(=O)C(C)N1CCCC1C(=O)O. The van der Waals surface area contributed by atoms with Crippen molar-refractivity contribution >= 4 is 11.9 Å². The molecular weight excluding hydrogens is 232 g/mol. The number of carbonyl (C=O) groups is 2. The van der Waals surface area contributed by atoms with E-state index >= 15 is 0 Å². The van der Waals surface area contributed by atoms with Gasteiger partial charge in [0.25, 0.3) is 0 Å². The quantitative estimate of drug-likeness (QED) is 0.746. The monoisotopic (exact) mass is 256 g/mol. The Kier molecular flexibility index (Phi) is 5.59. The van der Waals surface area contributed by atoms with Crippen molar-refractivity contribution in [3.8, 4) is 0 Å². The second-order valence-electron chi connectivity index (χ2n) is 5.38. The average molecular weight is 256 g/mol. The van der Waals surface area contributed by atoms with Gasteiger partial charge in [-0.15, -0.1) is 0 Å². The van der Waals surface area contributed by atoms with E-state index in [9.17, 15) is 9.59 Å². The lowest BCUT2D eigenvalue weighted by atomic mass is 10.1. The molecule has 5 nitrogen and oxygen atoms in total. The summed E-state index contributed by atoms with van der Waals surface area (Å²) in [6, 6.07) is -0.864. The van der Waals surface area contributed by atoms with Gasteiger partial charge in [-0.25, -0.2) is 0 Å². The van der Waals surface area contributed by atoms with Crippen LogP contribution in [0.4, 0.5) is 0 Å². The largest absolute Gasteiger partial charge is 0.480 e. The lowest BCUT2D eigenvalue weighted by molar-refractivity contribution is -0.143. The Hall–Kier alpha value is -1.10. The van der Waals surface area contributed by atoms with Crippen LogP contribution in [0.15, 0.2) is 0 Å². The van der Waals surface area contributed by atoms with Gasteiger partial charge in [-0.05, 0) is 38.6 Å². The van der Waals surface area contributed by atoms with E-state index in [1.807, 2.05) is 0 Å². The molecule has 2 N–H and O–H groups in total. The highest BCUT2D eigenvalue weighted by Crippen LogP contribution is 2.20. The van der Waals surface area contributed by atoms with E-state index in [-0.39, 0.29) is 11.9 Å². The zero-order valence-corrected chi connectivity index (χ0v) is 11.5. The van der Waals surface area contributed by atoms with Crippen LogP contribution in [0.3, 0.4) is 0 Å². The van der Waals surface area contributed by atoms with Crippen molar-refractivity contribution in [2.24, 2.45) is 5.92 Å². The minimum atomic E-state index is -0.825. The highest BCUT2D eigenvalue weighted by Gasteiger charge is 2.36. The molecule has 104 valence electrons. The Morgan fingerprint density at radius 3 is 2.61 bits per heavy atom. The minimum absolute atomic E-state index is 0.0659. The van der Waals surface area contributed by atoms with Crippen molar-refractivity contribution < 1.29 is 14.7 Å². The van der Waals surface area contributed by atoms with E-state index in [1.54, 1.807) is 11.8 Å². The summed E-state index contributed by atoms with van der Waals surface area (Å²) in [5.41, 5.74) is 0. The number of likely N-dealkylation sites (tertiary alicyclic amines) is 1. The molecule has 1 aliphatic heterocycles. The first-order valence-electron chi connectivity index (χ1n) is 6.69. The Labute approximate surface area is 109 Å². The van der Waals surface area contributed by atoms with Crippen molar-refractivity contribution in [3.05, 3.63) is 0 Å². The zero-order valence-electron chi connectivity index (χ0n) is 11.5. The molecule has 18 heavy (non-hydrogen) atoms. The van der Waals surface area contributed by atoms with Crippen molar-refractivity contribution in [2.75, 3.05) is 13.1 Å². The summed E-state index contributed by atoms with van der Waals surface area (Å²) in [5, 5.41) is 12.0. The molecule has 0 spiro atoms. The molecule has 2 unspecified atom stereocenters. The molecule has 0 saturated carbocycles. The summed E-state index contributed by atoms with van der Waals surface area (Å²) in [6.07, 6.45) is 2.43. The van der Waals surface area contributed by atoms with E-state index < -0.39 is 12.0 Å². The van der Waals surface area contributed by atoms with Crippen LogP contribution in [-0.4, -0.2) is 47.1 Å². The van der Waals surface area contributed by atoms with Crippen molar-refractivity contribution in [1.82, 2.24) is 10.2 Å². The van der Waals surface area contributed by atoms with Gasteiger partial charge >= 0.3 is 5.97 Å². The number of amides is 1. The first-order valence-corrected chi connectivity index (χ1v) is 6.69. The van der Waals surface area contributed by atoms with E-state index in [2.05, 4.69) is 19.2 Å². The van der Waals surface area contributed by atoms with E-state index in [4.69, 9.17) is 5.11 Å². The van der Waals surface area contributed by atoms with Gasteiger partial charge in [-0.1, -0.05) is 13.8 Å². The van der Waals surface area contributed by atoms with E-state index in [0.29, 0.717) is 25.4 Å². The number of carboxylic acids is 1. The molecule has 2 atom stereocenters. The number of hydrogen-bond donors (Lipinski definition) is 2. The Bertz CT molecular complexity index is 305. The van der Waals surface area contributed by atoms with Crippen LogP contribution in [0.25, 0.3) is 0 Å². The summed E-state index contributed by atoms with van der Waals surface area (Å²) in [6.45, 7) is 7.35. The van der Waals surface area contributed by atoms with E-state index in [1.165, 1.54) is 0 Å². The van der Waals surface area contributed by atoms with Crippen LogP contribution in [0, 0.1) is 5.92 Å². The third kappa shape index (κ3) is 3.98. The molecule has 1 amide bonds. The van der Waals surface area contributed by atoms with Crippen LogP contribution in [0.2, 0.25) is 0 Å². The second-order valence-corrected chi connectivity index (χ2v) is 5.38. The topological polar surface area (TPSA) is 69.6 Å². The van der Waals surface area contributed by atoms with E-state index in [0.717, 1.165) is 12.8 Å². The number of rotatable bonds is 6. The van der Waals surface area contributed by atoms with Gasteiger partial charge in [-0.2, -0.15) is 0 Å². The lowest BCUT2D eigenvalue weighted by Gasteiger charge is -2.27. The molecule has 1 saturated heterocycles. The summed E-state index contributed by atoms with van der Waals surface area (Å²) in [4.78, 5) is 24.8. The molecular formula is C13H24N2O3. The summed E-state index contributed by atoms with van der Waals surface area (Å²) >= 11 is 0. The van der Waals surface area contributed by atoms with Gasteiger partial charge in [0.2, 0.25) is 5.91 Å². The molecule has 5 heteroatoms. The zero-order chi connectivity index (χ0) is 13.7. The third-order valence-corrected chi connectivity index (χ3v) is 3.48. The number of carbonyl (C=O) groups excluding carboxylic acids is 1. The molecule has 1 aliphatic rings. The average Bonchev–Trinajstić information content (AvgIpc) is 2.76. The normalized spacial score (nSPS) is 22.1. The highest BCUT2D eigenvalue weighted by molar-refractivity contribution is 5.82. The van der Waals surface area contributed by atoms with Gasteiger partial charge in [0.1, 0.15) is 6.04 Å². The van der Waals surface area contributed by atoms with Crippen molar-refractivity contribution in [2.45, 2.75) is 52.1 Å². The van der Waals surface area contributed by atoms with Gasteiger partial charge in [-0.3, -0.25) is 14.5 Å². The van der Waals surface area contributed by atoms with Crippen LogP contribution < -0.4 is 5.32 Å². The molecule has 1 heterocycles. The van der Waals surface area contributed by atoms with Crippen LogP contribution in [-0.2, 0) is 9.59 Å². The first kappa shape index (κ1) is 15.0. The summed E-state index contributed by atoms with van der Waals surface area (Å²) in [7, 11) is 0. The van der Waals surface area contributed by atoms with Crippen molar-refractivity contribution in [1.29, 1.82) is 0 Å². The maximum absolute atomic E-state index is 11.9. The van der Waals surface area contributed by atoms with Gasteiger partial charge in [0.05, 0.1) is 6.04 Å². The fourth-order valence-electron chi connectivity index (χ4n) is 2.30.